The molecule has 0 unspecified atom stereocenters. The molecule has 0 heterocycles. The second-order valence-electron chi connectivity index (χ2n) is 6.05. The minimum absolute atomic E-state index is 0.0166. The first-order valence-electron chi connectivity index (χ1n) is 8.48. The average molecular weight is 441 g/mol. The number of non-ortho nitro benzene ring substituents is 1. The standard InChI is InChI=1S/C19H18Cl2N2O6/c20-18(21)19(26)22-15(11-29-16(24)10-12-4-2-1-3-5-12)17(25)13-6-8-14(9-7-13)23(27)28/h1-9,15,17-18,25H,10-11H2,(H,22,26)/t15-,17-/m1/s1. The zero-order valence-corrected chi connectivity index (χ0v) is 16.5. The Bertz CT molecular complexity index is 846. The number of carbonyl (C=O) groups excluding carboxylic acids is 2. The van der Waals surface area contributed by atoms with Gasteiger partial charge in [-0.05, 0) is 23.3 Å². The minimum Gasteiger partial charge on any atom is -0.463 e. The normalized spacial score (nSPS) is 12.8. The second-order valence-corrected chi connectivity index (χ2v) is 7.15. The third-order valence-electron chi connectivity index (χ3n) is 3.97. The quantitative estimate of drug-likeness (QED) is 0.267. The predicted molar refractivity (Wildman–Crippen MR) is 107 cm³/mol. The Hall–Kier alpha value is -2.68. The fraction of sp³-hybridized carbons (Fsp3) is 0.263. The highest BCUT2D eigenvalue weighted by molar-refractivity contribution is 6.53. The lowest BCUT2D eigenvalue weighted by Crippen LogP contribution is -2.45. The number of esters is 1. The van der Waals surface area contributed by atoms with Gasteiger partial charge in [-0.1, -0.05) is 53.5 Å². The van der Waals surface area contributed by atoms with E-state index in [-0.39, 0.29) is 24.3 Å². The number of rotatable bonds is 9. The number of ether oxygens (including phenoxy) is 1. The molecular weight excluding hydrogens is 423 g/mol. The number of benzene rings is 2. The van der Waals surface area contributed by atoms with Crippen molar-refractivity contribution < 1.29 is 24.4 Å². The van der Waals surface area contributed by atoms with E-state index in [1.54, 1.807) is 24.3 Å². The fourth-order valence-corrected chi connectivity index (χ4v) is 2.61. The minimum atomic E-state index is -1.39. The van der Waals surface area contributed by atoms with Crippen LogP contribution in [0.25, 0.3) is 0 Å². The van der Waals surface area contributed by atoms with Crippen molar-refractivity contribution in [3.8, 4) is 0 Å². The number of nitro benzene ring substituents is 1. The highest BCUT2D eigenvalue weighted by Crippen LogP contribution is 2.21. The number of aliphatic hydroxyl groups is 1. The summed E-state index contributed by atoms with van der Waals surface area (Å²) in [6.07, 6.45) is -1.31. The van der Waals surface area contributed by atoms with Gasteiger partial charge in [-0.3, -0.25) is 19.7 Å². The molecule has 0 saturated heterocycles. The van der Waals surface area contributed by atoms with Gasteiger partial charge in [0.15, 0.2) is 4.84 Å². The number of nitrogens with zero attached hydrogens (tertiary/aromatic N) is 1. The molecule has 2 aromatic rings. The lowest BCUT2D eigenvalue weighted by Gasteiger charge is -2.24. The summed E-state index contributed by atoms with van der Waals surface area (Å²) < 4.78 is 5.19. The number of aliphatic hydroxyl groups excluding tert-OH is 1. The summed E-state index contributed by atoms with van der Waals surface area (Å²) in [7, 11) is 0. The van der Waals surface area contributed by atoms with Gasteiger partial charge < -0.3 is 15.2 Å². The van der Waals surface area contributed by atoms with E-state index in [0.29, 0.717) is 0 Å². The summed E-state index contributed by atoms with van der Waals surface area (Å²) in [5.74, 6) is -1.34. The molecule has 0 radical (unpaired) electrons. The SMILES string of the molecule is O=C(Cc1ccccc1)OC[C@@H](NC(=O)C(Cl)Cl)[C@H](O)c1ccc([N+](=O)[O-])cc1. The molecule has 8 nitrogen and oxygen atoms in total. The van der Waals surface area contributed by atoms with Crippen LogP contribution in [0.15, 0.2) is 54.6 Å². The van der Waals surface area contributed by atoms with Gasteiger partial charge in [-0.2, -0.15) is 0 Å². The molecule has 154 valence electrons. The van der Waals surface area contributed by atoms with E-state index in [2.05, 4.69) is 5.32 Å². The number of nitrogens with one attached hydrogen (secondary N) is 1. The predicted octanol–water partition coefficient (Wildman–Crippen LogP) is 2.70. The smallest absolute Gasteiger partial charge is 0.310 e. The maximum absolute atomic E-state index is 12.1. The largest absolute Gasteiger partial charge is 0.463 e. The van der Waals surface area contributed by atoms with Crippen LogP contribution in [0.4, 0.5) is 5.69 Å². The highest BCUT2D eigenvalue weighted by atomic mass is 35.5. The average Bonchev–Trinajstić information content (AvgIpc) is 2.71. The van der Waals surface area contributed by atoms with E-state index in [1.807, 2.05) is 6.07 Å². The van der Waals surface area contributed by atoms with Crippen LogP contribution in [0.1, 0.15) is 17.2 Å². The van der Waals surface area contributed by atoms with Gasteiger partial charge in [0.1, 0.15) is 12.7 Å². The zero-order chi connectivity index (χ0) is 21.4. The van der Waals surface area contributed by atoms with E-state index in [9.17, 15) is 24.8 Å². The van der Waals surface area contributed by atoms with Crippen molar-refractivity contribution in [1.29, 1.82) is 0 Å². The van der Waals surface area contributed by atoms with Crippen molar-refractivity contribution in [2.75, 3.05) is 6.61 Å². The Morgan fingerprint density at radius 3 is 2.28 bits per heavy atom. The third kappa shape index (κ3) is 7.01. The Labute approximate surface area is 176 Å². The molecule has 0 spiro atoms. The lowest BCUT2D eigenvalue weighted by atomic mass is 10.0. The number of hydrogen-bond donors (Lipinski definition) is 2. The van der Waals surface area contributed by atoms with Gasteiger partial charge in [0.05, 0.1) is 17.4 Å². The molecule has 0 bridgehead atoms. The Morgan fingerprint density at radius 1 is 1.10 bits per heavy atom. The van der Waals surface area contributed by atoms with Gasteiger partial charge in [0.2, 0.25) is 0 Å². The summed E-state index contributed by atoms with van der Waals surface area (Å²) in [6, 6.07) is 12.9. The molecule has 2 aromatic carbocycles. The molecule has 2 N–H and O–H groups in total. The summed E-state index contributed by atoms with van der Waals surface area (Å²) in [4.78, 5) is 32.7. The lowest BCUT2D eigenvalue weighted by molar-refractivity contribution is -0.384. The zero-order valence-electron chi connectivity index (χ0n) is 15.0. The third-order valence-corrected chi connectivity index (χ3v) is 4.36. The van der Waals surface area contributed by atoms with Gasteiger partial charge in [0, 0.05) is 12.1 Å². The molecule has 2 rings (SSSR count). The molecule has 2 atom stereocenters. The molecule has 0 aliphatic rings. The van der Waals surface area contributed by atoms with Crippen LogP contribution in [-0.4, -0.2) is 39.4 Å². The number of amides is 1. The van der Waals surface area contributed by atoms with E-state index < -0.39 is 33.8 Å². The highest BCUT2D eigenvalue weighted by Gasteiger charge is 2.27. The number of alkyl halides is 2. The summed E-state index contributed by atoms with van der Waals surface area (Å²) in [5.41, 5.74) is 0.869. The molecule has 10 heteroatoms. The Morgan fingerprint density at radius 2 is 1.72 bits per heavy atom. The molecule has 0 aromatic heterocycles. The molecule has 0 aliphatic heterocycles. The van der Waals surface area contributed by atoms with Crippen LogP contribution in [-0.2, 0) is 20.7 Å². The van der Waals surface area contributed by atoms with Gasteiger partial charge in [-0.15, -0.1) is 0 Å². The van der Waals surface area contributed by atoms with Crippen molar-refractivity contribution >= 4 is 40.8 Å². The number of halogens is 2. The summed E-state index contributed by atoms with van der Waals surface area (Å²) in [5, 5.41) is 23.8. The van der Waals surface area contributed by atoms with Crippen molar-refractivity contribution in [2.45, 2.75) is 23.4 Å². The summed E-state index contributed by atoms with van der Waals surface area (Å²) in [6.45, 7) is -0.351. The van der Waals surface area contributed by atoms with Crippen LogP contribution in [0.3, 0.4) is 0 Å². The molecule has 0 fully saturated rings. The van der Waals surface area contributed by atoms with Crippen molar-refractivity contribution in [2.24, 2.45) is 0 Å². The first-order valence-corrected chi connectivity index (χ1v) is 9.35. The molecule has 0 aliphatic carbocycles. The molecule has 29 heavy (non-hydrogen) atoms. The van der Waals surface area contributed by atoms with Crippen LogP contribution >= 0.6 is 23.2 Å². The molecule has 1 amide bonds. The van der Waals surface area contributed by atoms with Gasteiger partial charge >= 0.3 is 5.97 Å². The van der Waals surface area contributed by atoms with Gasteiger partial charge in [0.25, 0.3) is 11.6 Å². The van der Waals surface area contributed by atoms with E-state index in [0.717, 1.165) is 5.56 Å². The molecule has 0 saturated carbocycles. The van der Waals surface area contributed by atoms with Crippen LogP contribution in [0.2, 0.25) is 0 Å². The van der Waals surface area contributed by atoms with Gasteiger partial charge in [-0.25, -0.2) is 0 Å². The van der Waals surface area contributed by atoms with Crippen molar-refractivity contribution in [1.82, 2.24) is 5.32 Å². The topological polar surface area (TPSA) is 119 Å². The van der Waals surface area contributed by atoms with Crippen molar-refractivity contribution in [3.63, 3.8) is 0 Å². The van der Waals surface area contributed by atoms with E-state index in [1.165, 1.54) is 24.3 Å². The van der Waals surface area contributed by atoms with Crippen LogP contribution in [0.5, 0.6) is 0 Å². The van der Waals surface area contributed by atoms with Crippen molar-refractivity contribution in [3.05, 3.63) is 75.8 Å². The second kappa shape index (κ2) is 10.8. The maximum atomic E-state index is 12.1. The monoisotopic (exact) mass is 440 g/mol. The Balaban J connectivity index is 2.07. The number of carbonyl (C=O) groups is 2. The maximum Gasteiger partial charge on any atom is 0.310 e. The van der Waals surface area contributed by atoms with Crippen LogP contribution in [0, 0.1) is 10.1 Å². The Kier molecular flexibility index (Phi) is 8.38. The van der Waals surface area contributed by atoms with Crippen LogP contribution < -0.4 is 5.32 Å². The van der Waals surface area contributed by atoms with E-state index in [4.69, 9.17) is 27.9 Å². The number of nitro groups is 1. The molecular formula is C19H18Cl2N2O6. The first kappa shape index (κ1) is 22.6. The fourth-order valence-electron chi connectivity index (χ4n) is 2.48. The first-order chi connectivity index (χ1) is 13.8. The van der Waals surface area contributed by atoms with E-state index >= 15 is 0 Å². The summed E-state index contributed by atoms with van der Waals surface area (Å²) >= 11 is 11.1. The number of hydrogen-bond acceptors (Lipinski definition) is 6.